The molecule has 1 heterocycles. The smallest absolute Gasteiger partial charge is 0.195 e. The van der Waals surface area contributed by atoms with E-state index in [9.17, 15) is 4.79 Å². The molecule has 98 valence electrons. The van der Waals surface area contributed by atoms with Crippen LogP contribution in [0.2, 0.25) is 0 Å². The zero-order chi connectivity index (χ0) is 14.1. The number of pyridine rings is 1. The summed E-state index contributed by atoms with van der Waals surface area (Å²) in [7, 11) is 0. The third-order valence-electron chi connectivity index (χ3n) is 3.34. The Labute approximate surface area is 117 Å². The SMILES string of the molecule is Cc1ccc(N)c(C(=O)c2cccc3ncccc23)c1. The highest BCUT2D eigenvalue weighted by Crippen LogP contribution is 2.23. The molecule has 0 bridgehead atoms. The molecule has 0 amide bonds. The number of benzene rings is 2. The molecule has 0 atom stereocenters. The lowest BCUT2D eigenvalue weighted by Crippen LogP contribution is -2.06. The van der Waals surface area contributed by atoms with E-state index in [4.69, 9.17) is 5.73 Å². The second-order valence-electron chi connectivity index (χ2n) is 4.80. The van der Waals surface area contributed by atoms with Gasteiger partial charge in [-0.2, -0.15) is 0 Å². The fourth-order valence-electron chi connectivity index (χ4n) is 2.31. The summed E-state index contributed by atoms with van der Waals surface area (Å²) < 4.78 is 0. The van der Waals surface area contributed by atoms with Crippen LogP contribution < -0.4 is 5.73 Å². The van der Waals surface area contributed by atoms with Gasteiger partial charge >= 0.3 is 0 Å². The second kappa shape index (κ2) is 4.78. The molecular formula is C17H14N2O. The van der Waals surface area contributed by atoms with E-state index in [1.54, 1.807) is 12.3 Å². The normalized spacial score (nSPS) is 10.7. The van der Waals surface area contributed by atoms with Gasteiger partial charge in [-0.15, -0.1) is 0 Å². The van der Waals surface area contributed by atoms with Crippen LogP contribution in [0.4, 0.5) is 5.69 Å². The number of rotatable bonds is 2. The van der Waals surface area contributed by atoms with E-state index in [1.165, 1.54) is 0 Å². The van der Waals surface area contributed by atoms with Crippen molar-refractivity contribution in [2.75, 3.05) is 5.73 Å². The first-order valence-corrected chi connectivity index (χ1v) is 6.41. The number of hydrogen-bond donors (Lipinski definition) is 1. The summed E-state index contributed by atoms with van der Waals surface area (Å²) in [6.07, 6.45) is 1.72. The lowest BCUT2D eigenvalue weighted by atomic mass is 9.97. The van der Waals surface area contributed by atoms with Crippen molar-refractivity contribution in [3.05, 3.63) is 71.4 Å². The van der Waals surface area contributed by atoms with Gasteiger partial charge in [-0.3, -0.25) is 9.78 Å². The standard InChI is InChI=1S/C17H14N2O/c1-11-7-8-15(18)14(10-11)17(20)13-4-2-6-16-12(13)5-3-9-19-16/h2-10H,18H2,1H3. The molecule has 3 rings (SSSR count). The Hall–Kier alpha value is -2.68. The van der Waals surface area contributed by atoms with E-state index in [-0.39, 0.29) is 5.78 Å². The van der Waals surface area contributed by atoms with Gasteiger partial charge in [0.2, 0.25) is 0 Å². The molecular weight excluding hydrogens is 248 g/mol. The van der Waals surface area contributed by atoms with Gasteiger partial charge in [0.1, 0.15) is 0 Å². The van der Waals surface area contributed by atoms with Crippen LogP contribution in [0.25, 0.3) is 10.9 Å². The number of nitrogens with two attached hydrogens (primary N) is 1. The van der Waals surface area contributed by atoms with E-state index >= 15 is 0 Å². The summed E-state index contributed by atoms with van der Waals surface area (Å²) in [6.45, 7) is 1.95. The summed E-state index contributed by atoms with van der Waals surface area (Å²) in [5.41, 5.74) is 9.44. The van der Waals surface area contributed by atoms with Crippen LogP contribution in [-0.4, -0.2) is 10.8 Å². The summed E-state index contributed by atoms with van der Waals surface area (Å²) in [4.78, 5) is 17.0. The van der Waals surface area contributed by atoms with Gasteiger partial charge in [0, 0.05) is 28.4 Å². The number of nitrogens with zero attached hydrogens (tertiary/aromatic N) is 1. The average Bonchev–Trinajstić information content (AvgIpc) is 2.48. The molecule has 0 aliphatic heterocycles. The molecule has 0 unspecified atom stereocenters. The maximum atomic E-state index is 12.7. The third-order valence-corrected chi connectivity index (χ3v) is 3.34. The minimum atomic E-state index is -0.0650. The topological polar surface area (TPSA) is 56.0 Å². The minimum Gasteiger partial charge on any atom is -0.398 e. The van der Waals surface area contributed by atoms with E-state index in [0.29, 0.717) is 16.8 Å². The second-order valence-corrected chi connectivity index (χ2v) is 4.80. The van der Waals surface area contributed by atoms with Crippen molar-refractivity contribution in [1.29, 1.82) is 0 Å². The van der Waals surface area contributed by atoms with Crippen LogP contribution in [0, 0.1) is 6.92 Å². The number of ketones is 1. The van der Waals surface area contributed by atoms with Crippen LogP contribution in [0.1, 0.15) is 21.5 Å². The highest BCUT2D eigenvalue weighted by atomic mass is 16.1. The molecule has 0 fully saturated rings. The molecule has 3 aromatic rings. The monoisotopic (exact) mass is 262 g/mol. The van der Waals surface area contributed by atoms with Crippen molar-refractivity contribution >= 4 is 22.4 Å². The Bertz CT molecular complexity index is 804. The summed E-state index contributed by atoms with van der Waals surface area (Å²) in [5, 5.41) is 0.848. The Morgan fingerprint density at radius 3 is 2.75 bits per heavy atom. The molecule has 0 aliphatic rings. The third kappa shape index (κ3) is 2.03. The van der Waals surface area contributed by atoms with Crippen LogP contribution in [0.15, 0.2) is 54.7 Å². The molecule has 0 spiro atoms. The van der Waals surface area contributed by atoms with Crippen LogP contribution in [0.3, 0.4) is 0 Å². The molecule has 0 saturated heterocycles. The number of carbonyl (C=O) groups is 1. The molecule has 2 aromatic carbocycles. The highest BCUT2D eigenvalue weighted by Gasteiger charge is 2.15. The molecule has 2 N–H and O–H groups in total. The molecule has 20 heavy (non-hydrogen) atoms. The van der Waals surface area contributed by atoms with Crippen molar-refractivity contribution in [3.8, 4) is 0 Å². The number of fused-ring (bicyclic) bond motifs is 1. The maximum Gasteiger partial charge on any atom is 0.195 e. The quantitative estimate of drug-likeness (QED) is 0.569. The predicted octanol–water partition coefficient (Wildman–Crippen LogP) is 3.36. The molecule has 0 radical (unpaired) electrons. The van der Waals surface area contributed by atoms with Crippen LogP contribution >= 0.6 is 0 Å². The fourth-order valence-corrected chi connectivity index (χ4v) is 2.31. The Morgan fingerprint density at radius 1 is 1.05 bits per heavy atom. The van der Waals surface area contributed by atoms with E-state index in [2.05, 4.69) is 4.98 Å². The number of nitrogen functional groups attached to an aromatic ring is 1. The lowest BCUT2D eigenvalue weighted by Gasteiger charge is -2.08. The van der Waals surface area contributed by atoms with Gasteiger partial charge in [0.25, 0.3) is 0 Å². The summed E-state index contributed by atoms with van der Waals surface area (Å²) in [5.74, 6) is -0.0650. The minimum absolute atomic E-state index is 0.0650. The zero-order valence-electron chi connectivity index (χ0n) is 11.1. The van der Waals surface area contributed by atoms with Crippen molar-refractivity contribution in [2.24, 2.45) is 0 Å². The van der Waals surface area contributed by atoms with Gasteiger partial charge in [0.15, 0.2) is 5.78 Å². The Morgan fingerprint density at radius 2 is 1.90 bits per heavy atom. The van der Waals surface area contributed by atoms with E-state index < -0.39 is 0 Å². The number of hydrogen-bond acceptors (Lipinski definition) is 3. The molecule has 3 heteroatoms. The molecule has 0 saturated carbocycles. The molecule has 3 nitrogen and oxygen atoms in total. The number of aromatic nitrogens is 1. The van der Waals surface area contributed by atoms with Gasteiger partial charge in [-0.1, -0.05) is 29.8 Å². The maximum absolute atomic E-state index is 12.7. The Balaban J connectivity index is 2.20. The summed E-state index contributed by atoms with van der Waals surface area (Å²) >= 11 is 0. The van der Waals surface area contributed by atoms with Crippen LogP contribution in [-0.2, 0) is 0 Å². The van der Waals surface area contributed by atoms with E-state index in [0.717, 1.165) is 16.5 Å². The predicted molar refractivity (Wildman–Crippen MR) is 80.8 cm³/mol. The Kier molecular flexibility index (Phi) is 2.95. The van der Waals surface area contributed by atoms with Crippen molar-refractivity contribution in [1.82, 2.24) is 4.98 Å². The fraction of sp³-hybridized carbons (Fsp3) is 0.0588. The lowest BCUT2D eigenvalue weighted by molar-refractivity contribution is 0.104. The number of aryl methyl sites for hydroxylation is 1. The average molecular weight is 262 g/mol. The first-order chi connectivity index (χ1) is 9.66. The highest BCUT2D eigenvalue weighted by molar-refractivity contribution is 6.18. The number of anilines is 1. The molecule has 0 aliphatic carbocycles. The van der Waals surface area contributed by atoms with Crippen molar-refractivity contribution in [2.45, 2.75) is 6.92 Å². The first kappa shape index (κ1) is 12.4. The largest absolute Gasteiger partial charge is 0.398 e. The van der Waals surface area contributed by atoms with Gasteiger partial charge < -0.3 is 5.73 Å². The van der Waals surface area contributed by atoms with E-state index in [1.807, 2.05) is 49.4 Å². The van der Waals surface area contributed by atoms with Gasteiger partial charge in [-0.05, 0) is 31.2 Å². The zero-order valence-corrected chi connectivity index (χ0v) is 11.1. The first-order valence-electron chi connectivity index (χ1n) is 6.41. The van der Waals surface area contributed by atoms with Crippen molar-refractivity contribution < 1.29 is 4.79 Å². The van der Waals surface area contributed by atoms with Crippen LogP contribution in [0.5, 0.6) is 0 Å². The van der Waals surface area contributed by atoms with Gasteiger partial charge in [-0.25, -0.2) is 0 Å². The number of carbonyl (C=O) groups excluding carboxylic acids is 1. The summed E-state index contributed by atoms with van der Waals surface area (Å²) in [6, 6.07) is 14.8. The van der Waals surface area contributed by atoms with Gasteiger partial charge in [0.05, 0.1) is 5.52 Å². The van der Waals surface area contributed by atoms with Crippen molar-refractivity contribution in [3.63, 3.8) is 0 Å². The molecule has 1 aromatic heterocycles.